The smallest absolute Gasteiger partial charge is 0.328 e. The van der Waals surface area contributed by atoms with Crippen LogP contribution in [0.3, 0.4) is 0 Å². The number of esters is 1. The molecule has 0 aromatic rings. The third-order valence-corrected chi connectivity index (χ3v) is 3.05. The second-order valence-electron chi connectivity index (χ2n) is 4.51. The van der Waals surface area contributed by atoms with Crippen LogP contribution in [0.4, 0.5) is 0 Å². The van der Waals surface area contributed by atoms with Gasteiger partial charge in [-0.1, -0.05) is 6.92 Å². The number of amides is 2. The Labute approximate surface area is 111 Å². The number of carbonyl (C=O) groups is 3. The van der Waals surface area contributed by atoms with Gasteiger partial charge in [0.25, 0.3) is 0 Å². The summed E-state index contributed by atoms with van der Waals surface area (Å²) < 4.78 is 4.61. The Bertz CT molecular complexity index is 416. The number of nitriles is 1. The molecule has 1 saturated heterocycles. The van der Waals surface area contributed by atoms with Gasteiger partial charge in [0.2, 0.25) is 11.8 Å². The van der Waals surface area contributed by atoms with Crippen LogP contribution in [-0.2, 0) is 19.1 Å². The first-order valence-corrected chi connectivity index (χ1v) is 6.04. The summed E-state index contributed by atoms with van der Waals surface area (Å²) in [5, 5.41) is 13.7. The van der Waals surface area contributed by atoms with E-state index in [9.17, 15) is 14.4 Å². The molecule has 0 aromatic carbocycles. The molecule has 1 fully saturated rings. The number of nitrogens with zero attached hydrogens (tertiary/aromatic N) is 1. The van der Waals surface area contributed by atoms with Crippen molar-refractivity contribution in [2.75, 3.05) is 7.11 Å². The maximum absolute atomic E-state index is 11.9. The van der Waals surface area contributed by atoms with Gasteiger partial charge in [0.1, 0.15) is 12.1 Å². The van der Waals surface area contributed by atoms with Gasteiger partial charge in [-0.05, 0) is 6.42 Å². The highest BCUT2D eigenvalue weighted by Crippen LogP contribution is 2.12. The molecule has 0 aliphatic carbocycles. The number of hydrogen-bond acceptors (Lipinski definition) is 5. The van der Waals surface area contributed by atoms with Crippen LogP contribution in [0, 0.1) is 17.2 Å². The molecule has 2 amide bonds. The normalized spacial score (nSPS) is 20.9. The number of methoxy groups -OCH3 is 1. The van der Waals surface area contributed by atoms with E-state index >= 15 is 0 Å². The summed E-state index contributed by atoms with van der Waals surface area (Å²) in [6.07, 6.45) is 0.830. The Morgan fingerprint density at radius 3 is 2.79 bits per heavy atom. The molecule has 0 aromatic heterocycles. The largest absolute Gasteiger partial charge is 0.467 e. The Balaban J connectivity index is 2.66. The van der Waals surface area contributed by atoms with Crippen molar-refractivity contribution < 1.29 is 19.1 Å². The average Bonchev–Trinajstić information content (AvgIpc) is 2.81. The highest BCUT2D eigenvalue weighted by molar-refractivity contribution is 5.93. The number of ether oxygens (including phenoxy) is 1. The van der Waals surface area contributed by atoms with Crippen LogP contribution in [0.5, 0.6) is 0 Å². The summed E-state index contributed by atoms with van der Waals surface area (Å²) in [5.74, 6) is -1.56. The second kappa shape index (κ2) is 6.73. The summed E-state index contributed by atoms with van der Waals surface area (Å²) in [6, 6.07) is 0.451. The van der Waals surface area contributed by atoms with Crippen LogP contribution in [0.2, 0.25) is 0 Å². The molecule has 0 radical (unpaired) electrons. The third kappa shape index (κ3) is 3.95. The first-order chi connectivity index (χ1) is 8.99. The van der Waals surface area contributed by atoms with Gasteiger partial charge in [-0.3, -0.25) is 9.59 Å². The Hall–Kier alpha value is -2.10. The maximum Gasteiger partial charge on any atom is 0.328 e. The molecular weight excluding hydrogens is 250 g/mol. The van der Waals surface area contributed by atoms with E-state index in [1.54, 1.807) is 6.92 Å². The van der Waals surface area contributed by atoms with Crippen molar-refractivity contribution >= 4 is 17.8 Å². The van der Waals surface area contributed by atoms with E-state index in [1.807, 2.05) is 6.07 Å². The molecule has 0 bridgehead atoms. The van der Waals surface area contributed by atoms with Crippen molar-refractivity contribution in [3.8, 4) is 6.07 Å². The molecule has 1 heterocycles. The molecule has 3 atom stereocenters. The molecule has 104 valence electrons. The zero-order valence-corrected chi connectivity index (χ0v) is 10.9. The predicted molar refractivity (Wildman–Crippen MR) is 64.5 cm³/mol. The molecule has 0 unspecified atom stereocenters. The van der Waals surface area contributed by atoms with Gasteiger partial charge in [0.15, 0.2) is 0 Å². The molecule has 1 rings (SSSR count). The van der Waals surface area contributed by atoms with Crippen LogP contribution < -0.4 is 10.6 Å². The monoisotopic (exact) mass is 267 g/mol. The third-order valence-electron chi connectivity index (χ3n) is 3.05. The van der Waals surface area contributed by atoms with Gasteiger partial charge >= 0.3 is 5.97 Å². The van der Waals surface area contributed by atoms with Crippen molar-refractivity contribution in [1.82, 2.24) is 10.6 Å². The van der Waals surface area contributed by atoms with Gasteiger partial charge in [0.05, 0.1) is 13.2 Å². The molecule has 7 heteroatoms. The molecule has 1 aliphatic heterocycles. The van der Waals surface area contributed by atoms with Crippen molar-refractivity contribution in [3.63, 3.8) is 0 Å². The van der Waals surface area contributed by atoms with E-state index in [1.165, 1.54) is 7.11 Å². The van der Waals surface area contributed by atoms with Crippen LogP contribution >= 0.6 is 0 Å². The summed E-state index contributed by atoms with van der Waals surface area (Å²) in [5.41, 5.74) is 0. The van der Waals surface area contributed by atoms with Crippen LogP contribution in [0.15, 0.2) is 0 Å². The van der Waals surface area contributed by atoms with E-state index in [0.29, 0.717) is 12.8 Å². The van der Waals surface area contributed by atoms with Gasteiger partial charge in [-0.2, -0.15) is 5.26 Å². The summed E-state index contributed by atoms with van der Waals surface area (Å²) in [6.45, 7) is 1.68. The van der Waals surface area contributed by atoms with Gasteiger partial charge < -0.3 is 15.4 Å². The van der Waals surface area contributed by atoms with E-state index in [0.717, 1.165) is 0 Å². The van der Waals surface area contributed by atoms with Crippen LogP contribution in [0.25, 0.3) is 0 Å². The van der Waals surface area contributed by atoms with Gasteiger partial charge in [-0.25, -0.2) is 4.79 Å². The molecule has 1 aliphatic rings. The first-order valence-electron chi connectivity index (χ1n) is 6.04. The molecule has 0 saturated carbocycles. The lowest BCUT2D eigenvalue weighted by Crippen LogP contribution is -2.51. The van der Waals surface area contributed by atoms with Gasteiger partial charge in [-0.15, -0.1) is 0 Å². The fourth-order valence-corrected chi connectivity index (χ4v) is 1.89. The maximum atomic E-state index is 11.9. The van der Waals surface area contributed by atoms with E-state index < -0.39 is 24.0 Å². The highest BCUT2D eigenvalue weighted by atomic mass is 16.5. The van der Waals surface area contributed by atoms with Crippen molar-refractivity contribution in [3.05, 3.63) is 0 Å². The lowest BCUT2D eigenvalue weighted by atomic mass is 9.98. The Morgan fingerprint density at radius 1 is 1.63 bits per heavy atom. The zero-order chi connectivity index (χ0) is 14.4. The van der Waals surface area contributed by atoms with Crippen molar-refractivity contribution in [2.45, 2.75) is 38.3 Å². The fourth-order valence-electron chi connectivity index (χ4n) is 1.89. The molecule has 7 nitrogen and oxygen atoms in total. The number of carbonyl (C=O) groups excluding carboxylic acids is 3. The number of rotatable bonds is 5. The van der Waals surface area contributed by atoms with E-state index in [2.05, 4.69) is 15.4 Å². The molecule has 0 spiro atoms. The van der Waals surface area contributed by atoms with Crippen LogP contribution in [-0.4, -0.2) is 37.0 Å². The minimum atomic E-state index is -0.880. The van der Waals surface area contributed by atoms with Crippen LogP contribution in [0.1, 0.15) is 26.2 Å². The lowest BCUT2D eigenvalue weighted by molar-refractivity contribution is -0.146. The minimum absolute atomic E-state index is 0.122. The fraction of sp³-hybridized carbons (Fsp3) is 0.667. The predicted octanol–water partition coefficient (Wildman–Crippen LogP) is -0.527. The second-order valence-corrected chi connectivity index (χ2v) is 4.51. The molecule has 19 heavy (non-hydrogen) atoms. The average molecular weight is 267 g/mol. The quantitative estimate of drug-likeness (QED) is 0.651. The summed E-state index contributed by atoms with van der Waals surface area (Å²) in [4.78, 5) is 34.6. The summed E-state index contributed by atoms with van der Waals surface area (Å²) in [7, 11) is 1.22. The number of nitrogens with one attached hydrogen (secondary N) is 2. The van der Waals surface area contributed by atoms with E-state index in [-0.39, 0.29) is 18.2 Å². The Morgan fingerprint density at radius 2 is 2.32 bits per heavy atom. The molecular formula is C12H17N3O4. The van der Waals surface area contributed by atoms with Crippen molar-refractivity contribution in [1.29, 1.82) is 5.26 Å². The lowest BCUT2D eigenvalue weighted by Gasteiger charge is -2.22. The van der Waals surface area contributed by atoms with Crippen molar-refractivity contribution in [2.24, 2.45) is 5.92 Å². The SMILES string of the molecule is COC(=O)[C@H](NC(=O)[C@@H]1CCC(=O)N1)[C@@H](C)CC#N. The topological polar surface area (TPSA) is 108 Å². The van der Waals surface area contributed by atoms with Gasteiger partial charge in [0, 0.05) is 18.8 Å². The zero-order valence-electron chi connectivity index (χ0n) is 10.9. The standard InChI is InChI=1S/C12H17N3O4/c1-7(5-6-13)10(12(18)19-2)15-11(17)8-3-4-9(16)14-8/h7-8,10H,3-5H2,1-2H3,(H,14,16)(H,15,17)/t7-,8-,10+/m0/s1. The first kappa shape index (κ1) is 15.0. The number of hydrogen-bond donors (Lipinski definition) is 2. The minimum Gasteiger partial charge on any atom is -0.467 e. The summed E-state index contributed by atoms with van der Waals surface area (Å²) >= 11 is 0. The Kier molecular flexibility index (Phi) is 5.30. The van der Waals surface area contributed by atoms with E-state index in [4.69, 9.17) is 5.26 Å². The highest BCUT2D eigenvalue weighted by Gasteiger charge is 2.33. The molecule has 2 N–H and O–H groups in total.